The molecule has 2 aromatic carbocycles. The second-order valence-electron chi connectivity index (χ2n) is 7.34. The van der Waals surface area contributed by atoms with Crippen molar-refractivity contribution in [3.05, 3.63) is 65.7 Å². The molecular weight excluding hydrogens is 405 g/mol. The van der Waals surface area contributed by atoms with Crippen molar-refractivity contribution in [3.63, 3.8) is 0 Å². The Hall–Kier alpha value is -2.39. The normalized spacial score (nSPS) is 13.7. The van der Waals surface area contributed by atoms with E-state index in [-0.39, 0.29) is 11.4 Å². The molecule has 0 aliphatic rings. The van der Waals surface area contributed by atoms with E-state index >= 15 is 0 Å². The van der Waals surface area contributed by atoms with Crippen LogP contribution < -0.4 is 10.0 Å². The van der Waals surface area contributed by atoms with Crippen LogP contribution in [0, 0.1) is 0 Å². The highest BCUT2D eigenvalue weighted by molar-refractivity contribution is 7.89. The molecule has 0 aliphatic carbocycles. The number of sulfonamides is 1. The fourth-order valence-electron chi connectivity index (χ4n) is 2.63. The van der Waals surface area contributed by atoms with Gasteiger partial charge < -0.3 is 5.32 Å². The Labute approximate surface area is 168 Å². The molecule has 0 fully saturated rings. The van der Waals surface area contributed by atoms with Crippen molar-refractivity contribution >= 4 is 15.9 Å². The molecule has 2 rings (SSSR count). The minimum absolute atomic E-state index is 0.0314. The molecule has 2 N–H and O–H groups in total. The number of hydrogen-bond acceptors (Lipinski definition) is 3. The first-order chi connectivity index (χ1) is 13.3. The molecule has 0 spiro atoms. The lowest BCUT2D eigenvalue weighted by atomic mass is 9.83. The third kappa shape index (κ3) is 6.04. The highest BCUT2D eigenvalue weighted by Crippen LogP contribution is 2.32. The van der Waals surface area contributed by atoms with Gasteiger partial charge in [0.1, 0.15) is 0 Å². The number of rotatable bonds is 7. The highest BCUT2D eigenvalue weighted by Gasteiger charge is 2.32. The molecule has 1 atom stereocenters. The maximum absolute atomic E-state index is 12.9. The van der Waals surface area contributed by atoms with Gasteiger partial charge in [-0.3, -0.25) is 4.79 Å². The van der Waals surface area contributed by atoms with Crippen LogP contribution in [0.2, 0.25) is 0 Å². The highest BCUT2D eigenvalue weighted by atomic mass is 32.2. The van der Waals surface area contributed by atoms with Crippen LogP contribution >= 0.6 is 0 Å². The molecule has 0 aromatic heterocycles. The zero-order valence-electron chi connectivity index (χ0n) is 16.2. The monoisotopic (exact) mass is 428 g/mol. The van der Waals surface area contributed by atoms with Gasteiger partial charge in [-0.15, -0.1) is 0 Å². The van der Waals surface area contributed by atoms with E-state index in [1.165, 1.54) is 25.1 Å². The van der Waals surface area contributed by atoms with Gasteiger partial charge in [0.25, 0.3) is 0 Å². The lowest BCUT2D eigenvalue weighted by Gasteiger charge is -2.27. The van der Waals surface area contributed by atoms with E-state index in [0.29, 0.717) is 5.56 Å². The van der Waals surface area contributed by atoms with Gasteiger partial charge in [-0.05, 0) is 30.7 Å². The van der Waals surface area contributed by atoms with E-state index < -0.39 is 39.1 Å². The first-order valence-corrected chi connectivity index (χ1v) is 10.3. The predicted molar refractivity (Wildman–Crippen MR) is 104 cm³/mol. The van der Waals surface area contributed by atoms with Crippen molar-refractivity contribution in [2.75, 3.05) is 6.54 Å². The Morgan fingerprint density at radius 1 is 1.00 bits per heavy atom. The minimum atomic E-state index is -4.46. The number of carbonyl (C=O) groups is 1. The third-order valence-corrected chi connectivity index (χ3v) is 6.01. The van der Waals surface area contributed by atoms with Crippen molar-refractivity contribution in [2.24, 2.45) is 0 Å². The van der Waals surface area contributed by atoms with E-state index in [9.17, 15) is 26.4 Å². The average Bonchev–Trinajstić information content (AvgIpc) is 2.66. The van der Waals surface area contributed by atoms with Gasteiger partial charge >= 0.3 is 6.18 Å². The second-order valence-corrected chi connectivity index (χ2v) is 9.05. The Morgan fingerprint density at radius 2 is 1.59 bits per heavy atom. The molecule has 0 radical (unpaired) electrons. The molecule has 0 unspecified atom stereocenters. The number of amides is 1. The summed E-state index contributed by atoms with van der Waals surface area (Å²) in [6, 6.07) is 11.5. The fourth-order valence-corrected chi connectivity index (χ4v) is 3.86. The van der Waals surface area contributed by atoms with Crippen molar-refractivity contribution in [1.82, 2.24) is 10.0 Å². The summed E-state index contributed by atoms with van der Waals surface area (Å²) < 4.78 is 65.7. The molecule has 29 heavy (non-hydrogen) atoms. The Morgan fingerprint density at radius 3 is 2.17 bits per heavy atom. The van der Waals surface area contributed by atoms with Crippen LogP contribution in [0.4, 0.5) is 13.2 Å². The minimum Gasteiger partial charge on any atom is -0.354 e. The molecule has 0 heterocycles. The van der Waals surface area contributed by atoms with Crippen LogP contribution in [0.15, 0.2) is 59.5 Å². The van der Waals surface area contributed by atoms with Crippen molar-refractivity contribution < 1.29 is 26.4 Å². The SMILES string of the molecule is C[C@H](NS(=O)(=O)c1ccccc1)C(=O)NCC(C)(C)c1cccc(C(F)(F)F)c1. The van der Waals surface area contributed by atoms with Gasteiger partial charge in [-0.25, -0.2) is 8.42 Å². The number of benzene rings is 2. The summed E-state index contributed by atoms with van der Waals surface area (Å²) in [5.41, 5.74) is -1.15. The molecule has 2 aromatic rings. The molecule has 0 aliphatic heterocycles. The van der Waals surface area contributed by atoms with E-state index in [0.717, 1.165) is 12.1 Å². The maximum atomic E-state index is 12.9. The molecule has 5 nitrogen and oxygen atoms in total. The van der Waals surface area contributed by atoms with Gasteiger partial charge in [0.15, 0.2) is 0 Å². The van der Waals surface area contributed by atoms with E-state index in [1.54, 1.807) is 38.1 Å². The van der Waals surface area contributed by atoms with E-state index in [2.05, 4.69) is 10.0 Å². The lowest BCUT2D eigenvalue weighted by molar-refractivity contribution is -0.137. The van der Waals surface area contributed by atoms with Crippen LogP contribution in [0.5, 0.6) is 0 Å². The molecule has 158 valence electrons. The van der Waals surface area contributed by atoms with Gasteiger partial charge in [-0.2, -0.15) is 17.9 Å². The lowest BCUT2D eigenvalue weighted by Crippen LogP contribution is -2.47. The first kappa shape index (κ1) is 22.9. The van der Waals surface area contributed by atoms with Crippen molar-refractivity contribution in [1.29, 1.82) is 0 Å². The summed E-state index contributed by atoms with van der Waals surface area (Å²) in [5, 5.41) is 2.61. The van der Waals surface area contributed by atoms with Gasteiger partial charge in [0, 0.05) is 12.0 Å². The predicted octanol–water partition coefficient (Wildman–Crippen LogP) is 3.47. The smallest absolute Gasteiger partial charge is 0.354 e. The van der Waals surface area contributed by atoms with Crippen LogP contribution in [0.25, 0.3) is 0 Å². The summed E-state index contributed by atoms with van der Waals surface area (Å²) in [5.74, 6) is -0.579. The molecule has 0 bridgehead atoms. The number of halogens is 3. The first-order valence-electron chi connectivity index (χ1n) is 8.86. The largest absolute Gasteiger partial charge is 0.416 e. The van der Waals surface area contributed by atoms with Crippen LogP contribution in [-0.2, 0) is 26.4 Å². The zero-order chi connectivity index (χ0) is 21.9. The number of alkyl halides is 3. The zero-order valence-corrected chi connectivity index (χ0v) is 17.1. The number of nitrogens with one attached hydrogen (secondary N) is 2. The van der Waals surface area contributed by atoms with Crippen LogP contribution in [0.3, 0.4) is 0 Å². The van der Waals surface area contributed by atoms with Gasteiger partial charge in [0.05, 0.1) is 16.5 Å². The number of carbonyl (C=O) groups excluding carboxylic acids is 1. The summed E-state index contributed by atoms with van der Waals surface area (Å²) in [7, 11) is -3.87. The summed E-state index contributed by atoms with van der Waals surface area (Å²) in [4.78, 5) is 12.4. The molecule has 1 amide bonds. The Kier molecular flexibility index (Phi) is 6.74. The van der Waals surface area contributed by atoms with Crippen LogP contribution in [0.1, 0.15) is 31.9 Å². The quantitative estimate of drug-likeness (QED) is 0.709. The summed E-state index contributed by atoms with van der Waals surface area (Å²) in [6.07, 6.45) is -4.46. The average molecular weight is 428 g/mol. The Bertz CT molecular complexity index is 958. The third-order valence-electron chi connectivity index (χ3n) is 4.45. The van der Waals surface area contributed by atoms with Crippen molar-refractivity contribution in [3.8, 4) is 0 Å². The van der Waals surface area contributed by atoms with Gasteiger partial charge in [0.2, 0.25) is 15.9 Å². The van der Waals surface area contributed by atoms with Crippen LogP contribution in [-0.4, -0.2) is 26.9 Å². The Balaban J connectivity index is 2.04. The van der Waals surface area contributed by atoms with Crippen molar-refractivity contribution in [2.45, 2.75) is 43.3 Å². The van der Waals surface area contributed by atoms with E-state index in [4.69, 9.17) is 0 Å². The summed E-state index contributed by atoms with van der Waals surface area (Å²) in [6.45, 7) is 4.82. The molecular formula is C20H23F3N2O3S. The fraction of sp³-hybridized carbons (Fsp3) is 0.350. The van der Waals surface area contributed by atoms with Gasteiger partial charge in [-0.1, -0.05) is 50.2 Å². The summed E-state index contributed by atoms with van der Waals surface area (Å²) >= 11 is 0. The molecule has 9 heteroatoms. The maximum Gasteiger partial charge on any atom is 0.416 e. The molecule has 0 saturated heterocycles. The topological polar surface area (TPSA) is 75.3 Å². The standard InChI is InChI=1S/C20H23F3N2O3S/c1-14(25-29(27,28)17-10-5-4-6-11-17)18(26)24-13-19(2,3)15-8-7-9-16(12-15)20(21,22)23/h4-12,14,25H,13H2,1-3H3,(H,24,26)/t14-/m0/s1. The van der Waals surface area contributed by atoms with E-state index in [1.807, 2.05) is 0 Å². The molecule has 0 saturated carbocycles. The second kappa shape index (κ2) is 8.54. The number of hydrogen-bond donors (Lipinski definition) is 2.